The van der Waals surface area contributed by atoms with Gasteiger partial charge in [-0.25, -0.2) is 9.90 Å². The first-order valence-electron chi connectivity index (χ1n) is 3.26. The summed E-state index contributed by atoms with van der Waals surface area (Å²) in [5.41, 5.74) is 0. The zero-order valence-corrected chi connectivity index (χ0v) is 6.07. The highest BCUT2D eigenvalue weighted by atomic mass is 16.8. The number of hydroxylamine groups is 2. The maximum atomic E-state index is 10.7. The minimum Gasteiger partial charge on any atom is -0.366 e. The van der Waals surface area contributed by atoms with E-state index in [2.05, 4.69) is 0 Å². The van der Waals surface area contributed by atoms with Crippen molar-refractivity contribution in [2.24, 2.45) is 0 Å². The fourth-order valence-corrected chi connectivity index (χ4v) is 1.05. The van der Waals surface area contributed by atoms with Crippen LogP contribution in [0, 0.1) is 0 Å². The SMILES string of the molecule is CC(=O)N1OC(O)CC1C. The summed E-state index contributed by atoms with van der Waals surface area (Å²) in [6.45, 7) is 3.24. The highest BCUT2D eigenvalue weighted by Gasteiger charge is 2.30. The molecule has 1 fully saturated rings. The van der Waals surface area contributed by atoms with Crippen LogP contribution in [0.15, 0.2) is 0 Å². The smallest absolute Gasteiger partial charge is 0.243 e. The van der Waals surface area contributed by atoms with Crippen LogP contribution in [-0.2, 0) is 9.63 Å². The van der Waals surface area contributed by atoms with Crippen LogP contribution in [0.3, 0.4) is 0 Å². The zero-order valence-electron chi connectivity index (χ0n) is 6.07. The van der Waals surface area contributed by atoms with Crippen LogP contribution in [0.2, 0.25) is 0 Å². The van der Waals surface area contributed by atoms with Gasteiger partial charge in [-0.15, -0.1) is 0 Å². The van der Waals surface area contributed by atoms with Gasteiger partial charge in [0.2, 0.25) is 5.91 Å². The Bertz CT molecular complexity index is 148. The largest absolute Gasteiger partial charge is 0.366 e. The minimum absolute atomic E-state index is 0.00694. The summed E-state index contributed by atoms with van der Waals surface area (Å²) >= 11 is 0. The molecule has 1 aliphatic rings. The fraction of sp³-hybridized carbons (Fsp3) is 0.833. The summed E-state index contributed by atoms with van der Waals surface area (Å²) in [6.07, 6.45) is -0.307. The van der Waals surface area contributed by atoms with Gasteiger partial charge in [0.05, 0.1) is 6.04 Å². The molecule has 1 amide bonds. The van der Waals surface area contributed by atoms with Crippen molar-refractivity contribution in [2.45, 2.75) is 32.6 Å². The Morgan fingerprint density at radius 2 is 2.40 bits per heavy atom. The van der Waals surface area contributed by atoms with Crippen LogP contribution in [-0.4, -0.2) is 28.4 Å². The molecule has 58 valence electrons. The predicted molar refractivity (Wildman–Crippen MR) is 33.7 cm³/mol. The standard InChI is InChI=1S/C6H11NO3/c1-4-3-6(9)10-7(4)5(2)8/h4,6,9H,3H2,1-2H3. The second-order valence-corrected chi connectivity index (χ2v) is 2.49. The quantitative estimate of drug-likeness (QED) is 0.517. The van der Waals surface area contributed by atoms with Crippen molar-refractivity contribution >= 4 is 5.91 Å². The highest BCUT2D eigenvalue weighted by molar-refractivity contribution is 5.72. The van der Waals surface area contributed by atoms with Crippen molar-refractivity contribution in [3.63, 3.8) is 0 Å². The number of aliphatic hydroxyl groups is 1. The van der Waals surface area contributed by atoms with Crippen molar-refractivity contribution in [2.75, 3.05) is 0 Å². The molecule has 2 unspecified atom stereocenters. The molecule has 10 heavy (non-hydrogen) atoms. The lowest BCUT2D eigenvalue weighted by Gasteiger charge is -2.15. The monoisotopic (exact) mass is 145 g/mol. The molecule has 1 aliphatic heterocycles. The van der Waals surface area contributed by atoms with Crippen LogP contribution in [0.1, 0.15) is 20.3 Å². The number of hydrogen-bond donors (Lipinski definition) is 1. The molecule has 4 nitrogen and oxygen atoms in total. The molecule has 1 heterocycles. The molecule has 2 atom stereocenters. The van der Waals surface area contributed by atoms with Crippen LogP contribution in [0.25, 0.3) is 0 Å². The summed E-state index contributed by atoms with van der Waals surface area (Å²) < 4.78 is 0. The predicted octanol–water partition coefficient (Wildman–Crippen LogP) is -0.123. The molecule has 1 saturated heterocycles. The average Bonchev–Trinajstić information content (AvgIpc) is 2.10. The van der Waals surface area contributed by atoms with Gasteiger partial charge in [-0.2, -0.15) is 0 Å². The number of hydrogen-bond acceptors (Lipinski definition) is 3. The number of nitrogens with zero attached hydrogens (tertiary/aromatic N) is 1. The third-order valence-electron chi connectivity index (χ3n) is 1.49. The molecule has 1 N–H and O–H groups in total. The zero-order chi connectivity index (χ0) is 7.72. The van der Waals surface area contributed by atoms with Gasteiger partial charge in [-0.3, -0.25) is 4.79 Å². The van der Waals surface area contributed by atoms with E-state index in [4.69, 9.17) is 9.94 Å². The minimum atomic E-state index is -0.807. The number of aliphatic hydroxyl groups excluding tert-OH is 1. The van der Waals surface area contributed by atoms with Crippen LogP contribution in [0.5, 0.6) is 0 Å². The molecule has 4 heteroatoms. The van der Waals surface area contributed by atoms with Gasteiger partial charge in [0.1, 0.15) is 0 Å². The summed E-state index contributed by atoms with van der Waals surface area (Å²) in [7, 11) is 0. The Morgan fingerprint density at radius 1 is 1.80 bits per heavy atom. The first kappa shape index (κ1) is 7.50. The van der Waals surface area contributed by atoms with Gasteiger partial charge >= 0.3 is 0 Å². The molecule has 0 aromatic carbocycles. The van der Waals surface area contributed by atoms with Gasteiger partial charge in [0, 0.05) is 13.3 Å². The lowest BCUT2D eigenvalue weighted by molar-refractivity contribution is -0.219. The van der Waals surface area contributed by atoms with Crippen molar-refractivity contribution < 1.29 is 14.7 Å². The van der Waals surface area contributed by atoms with Gasteiger partial charge in [0.15, 0.2) is 6.29 Å². The summed E-state index contributed by atoms with van der Waals surface area (Å²) in [5.74, 6) is -0.163. The van der Waals surface area contributed by atoms with E-state index in [-0.39, 0.29) is 11.9 Å². The second kappa shape index (κ2) is 2.56. The third kappa shape index (κ3) is 1.27. The first-order valence-corrected chi connectivity index (χ1v) is 3.26. The number of carbonyl (C=O) groups excluding carboxylic acids is 1. The molecule has 0 aromatic heterocycles. The van der Waals surface area contributed by atoms with Crippen LogP contribution in [0.4, 0.5) is 0 Å². The Hall–Kier alpha value is -0.610. The van der Waals surface area contributed by atoms with Crippen molar-refractivity contribution in [3.05, 3.63) is 0 Å². The van der Waals surface area contributed by atoms with E-state index in [1.54, 1.807) is 0 Å². The summed E-state index contributed by atoms with van der Waals surface area (Å²) in [6, 6.07) is -0.00694. The molecule has 0 spiro atoms. The molecule has 0 saturated carbocycles. The van der Waals surface area contributed by atoms with E-state index >= 15 is 0 Å². The van der Waals surface area contributed by atoms with E-state index in [1.807, 2.05) is 6.92 Å². The first-order chi connectivity index (χ1) is 4.61. The van der Waals surface area contributed by atoms with Gasteiger partial charge in [-0.05, 0) is 6.92 Å². The Labute approximate surface area is 59.3 Å². The topological polar surface area (TPSA) is 49.8 Å². The lowest BCUT2D eigenvalue weighted by Crippen LogP contribution is -2.30. The third-order valence-corrected chi connectivity index (χ3v) is 1.49. The Balaban J connectivity index is 2.54. The van der Waals surface area contributed by atoms with Crippen molar-refractivity contribution in [3.8, 4) is 0 Å². The van der Waals surface area contributed by atoms with E-state index in [0.29, 0.717) is 6.42 Å². The molecule has 0 aromatic rings. The Kier molecular flexibility index (Phi) is 1.92. The molecular formula is C6H11NO3. The van der Waals surface area contributed by atoms with Crippen LogP contribution < -0.4 is 0 Å². The van der Waals surface area contributed by atoms with Crippen molar-refractivity contribution in [1.29, 1.82) is 0 Å². The average molecular weight is 145 g/mol. The number of carbonyl (C=O) groups is 1. The lowest BCUT2D eigenvalue weighted by atomic mass is 10.2. The summed E-state index contributed by atoms with van der Waals surface area (Å²) in [4.78, 5) is 15.5. The van der Waals surface area contributed by atoms with Gasteiger partial charge in [0.25, 0.3) is 0 Å². The molecular weight excluding hydrogens is 134 g/mol. The van der Waals surface area contributed by atoms with E-state index in [9.17, 15) is 4.79 Å². The molecule has 0 bridgehead atoms. The highest BCUT2D eigenvalue weighted by Crippen LogP contribution is 2.18. The van der Waals surface area contributed by atoms with E-state index < -0.39 is 6.29 Å². The van der Waals surface area contributed by atoms with Crippen molar-refractivity contribution in [1.82, 2.24) is 5.06 Å². The normalized spacial score (nSPS) is 32.9. The van der Waals surface area contributed by atoms with E-state index in [1.165, 1.54) is 12.0 Å². The molecule has 1 rings (SSSR count). The molecule has 0 radical (unpaired) electrons. The van der Waals surface area contributed by atoms with Gasteiger partial charge < -0.3 is 5.11 Å². The summed E-state index contributed by atoms with van der Waals surface area (Å²) in [5, 5.41) is 10.1. The van der Waals surface area contributed by atoms with E-state index in [0.717, 1.165) is 0 Å². The maximum absolute atomic E-state index is 10.7. The second-order valence-electron chi connectivity index (χ2n) is 2.49. The maximum Gasteiger partial charge on any atom is 0.243 e. The molecule has 0 aliphatic carbocycles. The number of rotatable bonds is 0. The number of amides is 1. The van der Waals surface area contributed by atoms with Gasteiger partial charge in [-0.1, -0.05) is 0 Å². The Morgan fingerprint density at radius 3 is 2.60 bits per heavy atom. The van der Waals surface area contributed by atoms with Crippen LogP contribution >= 0.6 is 0 Å². The fourth-order valence-electron chi connectivity index (χ4n) is 1.05.